The van der Waals surface area contributed by atoms with E-state index in [2.05, 4.69) is 5.32 Å². The van der Waals surface area contributed by atoms with Gasteiger partial charge in [0, 0.05) is 24.5 Å². The number of likely N-dealkylation sites (tertiary alicyclic amines) is 1. The van der Waals surface area contributed by atoms with E-state index in [4.69, 9.17) is 4.42 Å². The molecule has 0 aliphatic carbocycles. The molecule has 3 amide bonds. The molecule has 1 N–H and O–H groups in total. The van der Waals surface area contributed by atoms with Crippen LogP contribution in [0.15, 0.2) is 28.7 Å². The highest BCUT2D eigenvalue weighted by molar-refractivity contribution is 5.97. The maximum absolute atomic E-state index is 12.9. The lowest BCUT2D eigenvalue weighted by atomic mass is 9.99. The first-order valence-corrected chi connectivity index (χ1v) is 8.83. The molecule has 2 aliphatic rings. The highest BCUT2D eigenvalue weighted by atomic mass is 16.3. The monoisotopic (exact) mass is 341 g/mol. The molecule has 2 saturated heterocycles. The second kappa shape index (κ2) is 5.79. The zero-order chi connectivity index (χ0) is 17.7. The summed E-state index contributed by atoms with van der Waals surface area (Å²) >= 11 is 0. The van der Waals surface area contributed by atoms with Gasteiger partial charge in [0.2, 0.25) is 0 Å². The normalized spacial score (nSPS) is 23.3. The highest BCUT2D eigenvalue weighted by Crippen LogP contribution is 2.28. The SMILES string of the molecule is Cc1cccc2oc(C(=O)N3CC[C@H]4[C@@H](C3)NC(=O)N4C(C)C)cc12. The molecule has 2 aliphatic heterocycles. The highest BCUT2D eigenvalue weighted by Gasteiger charge is 2.44. The van der Waals surface area contributed by atoms with Gasteiger partial charge < -0.3 is 19.5 Å². The van der Waals surface area contributed by atoms with Gasteiger partial charge in [-0.15, -0.1) is 0 Å². The van der Waals surface area contributed by atoms with Crippen LogP contribution in [0.1, 0.15) is 36.4 Å². The third kappa shape index (κ3) is 2.56. The molecule has 6 heteroatoms. The second-order valence-electron chi connectivity index (χ2n) is 7.26. The minimum absolute atomic E-state index is 0.0151. The van der Waals surface area contributed by atoms with Crippen molar-refractivity contribution in [3.05, 3.63) is 35.6 Å². The van der Waals surface area contributed by atoms with Crippen LogP contribution in [0, 0.1) is 6.92 Å². The lowest BCUT2D eigenvalue weighted by molar-refractivity contribution is 0.0616. The smallest absolute Gasteiger partial charge is 0.318 e. The molecule has 0 bridgehead atoms. The first kappa shape index (κ1) is 16.0. The summed E-state index contributed by atoms with van der Waals surface area (Å²) < 4.78 is 5.77. The molecule has 4 rings (SSSR count). The van der Waals surface area contributed by atoms with E-state index in [9.17, 15) is 9.59 Å². The number of benzene rings is 1. The Morgan fingerprint density at radius 3 is 2.88 bits per heavy atom. The maximum Gasteiger partial charge on any atom is 0.318 e. The van der Waals surface area contributed by atoms with Gasteiger partial charge in [-0.05, 0) is 44.9 Å². The first-order valence-electron chi connectivity index (χ1n) is 8.83. The average molecular weight is 341 g/mol. The predicted molar refractivity (Wildman–Crippen MR) is 94.6 cm³/mol. The molecular formula is C19H23N3O3. The van der Waals surface area contributed by atoms with E-state index >= 15 is 0 Å². The van der Waals surface area contributed by atoms with Crippen molar-refractivity contribution >= 4 is 22.9 Å². The summed E-state index contributed by atoms with van der Waals surface area (Å²) in [5.74, 6) is 0.263. The van der Waals surface area contributed by atoms with Crippen molar-refractivity contribution in [2.75, 3.05) is 13.1 Å². The Kier molecular flexibility index (Phi) is 3.71. The van der Waals surface area contributed by atoms with Crippen LogP contribution in [0.25, 0.3) is 11.0 Å². The Labute approximate surface area is 146 Å². The predicted octanol–water partition coefficient (Wildman–Crippen LogP) is 2.76. The van der Waals surface area contributed by atoms with Gasteiger partial charge in [-0.25, -0.2) is 4.79 Å². The number of hydrogen-bond donors (Lipinski definition) is 1. The number of furan rings is 1. The minimum Gasteiger partial charge on any atom is -0.451 e. The number of hydrogen-bond acceptors (Lipinski definition) is 3. The lowest BCUT2D eigenvalue weighted by Crippen LogP contribution is -2.53. The average Bonchev–Trinajstić information content (AvgIpc) is 3.14. The third-order valence-electron chi connectivity index (χ3n) is 5.31. The molecule has 0 spiro atoms. The second-order valence-corrected chi connectivity index (χ2v) is 7.26. The standard InChI is InChI=1S/C19H23N3O3/c1-11(2)22-15-7-8-21(10-14(15)20-19(22)24)18(23)17-9-13-12(3)5-4-6-16(13)25-17/h4-6,9,11,14-15H,7-8,10H2,1-3H3,(H,20,24)/t14-,15+/m1/s1. The van der Waals surface area contributed by atoms with Crippen LogP contribution in [-0.4, -0.2) is 53.0 Å². The summed E-state index contributed by atoms with van der Waals surface area (Å²) in [5, 5.41) is 3.99. The summed E-state index contributed by atoms with van der Waals surface area (Å²) in [5.41, 5.74) is 1.83. The van der Waals surface area contributed by atoms with Gasteiger partial charge >= 0.3 is 6.03 Å². The molecule has 132 valence electrons. The molecule has 2 fully saturated rings. The van der Waals surface area contributed by atoms with E-state index in [0.29, 0.717) is 18.8 Å². The van der Waals surface area contributed by atoms with Gasteiger partial charge in [0.05, 0.1) is 12.1 Å². The van der Waals surface area contributed by atoms with Crippen LogP contribution < -0.4 is 5.32 Å². The Morgan fingerprint density at radius 2 is 2.16 bits per heavy atom. The molecule has 1 aromatic heterocycles. The van der Waals surface area contributed by atoms with E-state index < -0.39 is 0 Å². The zero-order valence-corrected chi connectivity index (χ0v) is 14.8. The van der Waals surface area contributed by atoms with Gasteiger partial charge in [0.25, 0.3) is 5.91 Å². The van der Waals surface area contributed by atoms with Crippen LogP contribution in [0.5, 0.6) is 0 Å². The fourth-order valence-electron chi connectivity index (χ4n) is 4.07. The van der Waals surface area contributed by atoms with E-state index in [0.717, 1.165) is 23.0 Å². The number of piperidine rings is 1. The van der Waals surface area contributed by atoms with Crippen molar-refractivity contribution in [1.82, 2.24) is 15.1 Å². The Hall–Kier alpha value is -2.50. The van der Waals surface area contributed by atoms with Crippen molar-refractivity contribution < 1.29 is 14.0 Å². The Bertz CT molecular complexity index is 842. The van der Waals surface area contributed by atoms with Crippen LogP contribution in [0.2, 0.25) is 0 Å². The van der Waals surface area contributed by atoms with Crippen LogP contribution in [-0.2, 0) is 0 Å². The summed E-state index contributed by atoms with van der Waals surface area (Å²) in [6.45, 7) is 7.21. The van der Waals surface area contributed by atoms with E-state index in [1.54, 1.807) is 4.90 Å². The number of rotatable bonds is 2. The van der Waals surface area contributed by atoms with Crippen LogP contribution >= 0.6 is 0 Å². The largest absolute Gasteiger partial charge is 0.451 e. The van der Waals surface area contributed by atoms with Crippen molar-refractivity contribution in [3.8, 4) is 0 Å². The molecule has 0 saturated carbocycles. The van der Waals surface area contributed by atoms with Crippen LogP contribution in [0.3, 0.4) is 0 Å². The molecule has 0 radical (unpaired) electrons. The van der Waals surface area contributed by atoms with E-state index in [-0.39, 0.29) is 30.1 Å². The number of nitrogens with one attached hydrogen (secondary N) is 1. The van der Waals surface area contributed by atoms with Gasteiger partial charge in [0.15, 0.2) is 5.76 Å². The van der Waals surface area contributed by atoms with Crippen molar-refractivity contribution in [2.24, 2.45) is 0 Å². The van der Waals surface area contributed by atoms with E-state index in [1.807, 2.05) is 49.9 Å². The van der Waals surface area contributed by atoms with Crippen molar-refractivity contribution in [1.29, 1.82) is 0 Å². The fourth-order valence-corrected chi connectivity index (χ4v) is 4.07. The summed E-state index contributed by atoms with van der Waals surface area (Å²) in [7, 11) is 0. The lowest BCUT2D eigenvalue weighted by Gasteiger charge is -2.37. The van der Waals surface area contributed by atoms with Crippen molar-refractivity contribution in [3.63, 3.8) is 0 Å². The quantitative estimate of drug-likeness (QED) is 0.913. The zero-order valence-electron chi connectivity index (χ0n) is 14.8. The van der Waals surface area contributed by atoms with Gasteiger partial charge in [-0.1, -0.05) is 12.1 Å². The number of amides is 3. The summed E-state index contributed by atoms with van der Waals surface area (Å²) in [6.07, 6.45) is 0.784. The molecule has 0 unspecified atom stereocenters. The molecule has 1 aromatic carbocycles. The Morgan fingerprint density at radius 1 is 1.36 bits per heavy atom. The number of carbonyl (C=O) groups is 2. The molecule has 2 atom stereocenters. The van der Waals surface area contributed by atoms with Crippen LogP contribution in [0.4, 0.5) is 4.79 Å². The van der Waals surface area contributed by atoms with Gasteiger partial charge in [-0.2, -0.15) is 0 Å². The number of carbonyl (C=O) groups excluding carboxylic acids is 2. The number of nitrogens with zero attached hydrogens (tertiary/aromatic N) is 2. The first-order chi connectivity index (χ1) is 12.0. The number of fused-ring (bicyclic) bond motifs is 2. The van der Waals surface area contributed by atoms with Gasteiger partial charge in [-0.3, -0.25) is 4.79 Å². The topological polar surface area (TPSA) is 65.8 Å². The molecule has 2 aromatic rings. The van der Waals surface area contributed by atoms with E-state index in [1.165, 1.54) is 0 Å². The summed E-state index contributed by atoms with van der Waals surface area (Å²) in [6, 6.07) is 7.92. The minimum atomic E-state index is -0.105. The molecule has 25 heavy (non-hydrogen) atoms. The van der Waals surface area contributed by atoms with Crippen molar-refractivity contribution in [2.45, 2.75) is 45.3 Å². The maximum atomic E-state index is 12.9. The molecule has 6 nitrogen and oxygen atoms in total. The number of aryl methyl sites for hydroxylation is 1. The fraction of sp³-hybridized carbons (Fsp3) is 0.474. The molecule has 3 heterocycles. The van der Waals surface area contributed by atoms with Gasteiger partial charge in [0.1, 0.15) is 5.58 Å². The third-order valence-corrected chi connectivity index (χ3v) is 5.31. The number of urea groups is 1. The summed E-state index contributed by atoms with van der Waals surface area (Å²) in [4.78, 5) is 28.7. The molecular weight excluding hydrogens is 318 g/mol. The Balaban J connectivity index is 1.54.